The summed E-state index contributed by atoms with van der Waals surface area (Å²) in [7, 11) is 0. The van der Waals surface area contributed by atoms with Gasteiger partial charge in [-0.2, -0.15) is 15.0 Å². The summed E-state index contributed by atoms with van der Waals surface area (Å²) in [5, 5.41) is 45.9. The topological polar surface area (TPSA) is 165 Å². The molecule has 1 unspecified atom stereocenters. The Balaban J connectivity index is 1.02. The number of aromatic nitrogens is 4. The van der Waals surface area contributed by atoms with Crippen molar-refractivity contribution in [1.29, 1.82) is 0 Å². The third-order valence-electron chi connectivity index (χ3n) is 7.90. The van der Waals surface area contributed by atoms with Gasteiger partial charge in [0.15, 0.2) is 0 Å². The number of aromatic hydroxyl groups is 1. The highest BCUT2D eigenvalue weighted by atomic mass is 16.4. The molecule has 1 atom stereocenters. The normalized spacial score (nSPS) is 12.0. The average molecular weight is 619 g/mol. The number of hydrogen-bond acceptors (Lipinski definition) is 7. The molecule has 1 amide bonds. The first kappa shape index (κ1) is 30.5. The van der Waals surface area contributed by atoms with E-state index >= 15 is 0 Å². The van der Waals surface area contributed by atoms with Gasteiger partial charge in [0.05, 0.1) is 23.9 Å². The minimum absolute atomic E-state index is 0.0455. The van der Waals surface area contributed by atoms with Crippen LogP contribution in [-0.4, -0.2) is 47.9 Å². The monoisotopic (exact) mass is 618 g/mol. The third-order valence-corrected chi connectivity index (χ3v) is 7.90. The van der Waals surface area contributed by atoms with Crippen LogP contribution in [0.2, 0.25) is 0 Å². The lowest BCUT2D eigenvalue weighted by Gasteiger charge is -2.15. The lowest BCUT2D eigenvalue weighted by molar-refractivity contribution is 0.176. The zero-order valence-electron chi connectivity index (χ0n) is 25.0. The van der Waals surface area contributed by atoms with E-state index in [2.05, 4.69) is 25.8 Å². The summed E-state index contributed by atoms with van der Waals surface area (Å²) < 4.78 is 0. The van der Waals surface area contributed by atoms with Crippen LogP contribution in [0.1, 0.15) is 35.6 Å². The summed E-state index contributed by atoms with van der Waals surface area (Å²) >= 11 is 0. The number of anilines is 1. The number of phenolic OH excluding ortho intramolecular Hbond substituents is 1. The number of carbonyl (C=O) groups is 1. The Morgan fingerprint density at radius 1 is 0.891 bits per heavy atom. The van der Waals surface area contributed by atoms with Gasteiger partial charge in [-0.3, -0.25) is 10.1 Å². The number of nitrogens with one attached hydrogen (secondary N) is 3. The summed E-state index contributed by atoms with van der Waals surface area (Å²) in [5.41, 5.74) is 6.59. The SMILES string of the molecule is O=C(O)Nc1cc(CCCCn2nc3ccc(CNCC(O)c4ccc(O)c5[nH]c(=O)ccc45)cc3n2)ccc1-c1ccccc1. The van der Waals surface area contributed by atoms with E-state index in [1.165, 1.54) is 12.1 Å². The van der Waals surface area contributed by atoms with Crippen molar-refractivity contribution in [2.75, 3.05) is 11.9 Å². The second-order valence-corrected chi connectivity index (χ2v) is 11.2. The van der Waals surface area contributed by atoms with Gasteiger partial charge in [0.2, 0.25) is 5.56 Å². The summed E-state index contributed by atoms with van der Waals surface area (Å²) in [6, 6.07) is 27.6. The Kier molecular flexibility index (Phi) is 9.04. The number of rotatable bonds is 12. The summed E-state index contributed by atoms with van der Waals surface area (Å²) in [6.45, 7) is 1.43. The number of unbranched alkanes of at least 4 members (excludes halogenated alkanes) is 1. The number of fused-ring (bicyclic) bond motifs is 2. The smallest absolute Gasteiger partial charge is 0.409 e. The van der Waals surface area contributed by atoms with E-state index in [-0.39, 0.29) is 17.9 Å². The molecule has 11 nitrogen and oxygen atoms in total. The third kappa shape index (κ3) is 7.06. The van der Waals surface area contributed by atoms with Crippen LogP contribution in [0.15, 0.2) is 95.8 Å². The van der Waals surface area contributed by atoms with E-state index in [4.69, 9.17) is 0 Å². The van der Waals surface area contributed by atoms with Crippen LogP contribution in [0.3, 0.4) is 0 Å². The Labute approximate surface area is 264 Å². The molecule has 0 aliphatic heterocycles. The molecule has 46 heavy (non-hydrogen) atoms. The molecular weight excluding hydrogens is 584 g/mol. The van der Waals surface area contributed by atoms with Gasteiger partial charge in [0.25, 0.3) is 0 Å². The molecule has 6 aromatic rings. The molecule has 2 aromatic heterocycles. The Bertz CT molecular complexity index is 2060. The predicted octanol–water partition coefficient (Wildman–Crippen LogP) is 5.58. The van der Waals surface area contributed by atoms with Crippen molar-refractivity contribution in [3.8, 4) is 16.9 Å². The predicted molar refractivity (Wildman–Crippen MR) is 177 cm³/mol. The Morgan fingerprint density at radius 3 is 2.52 bits per heavy atom. The largest absolute Gasteiger partial charge is 0.506 e. The number of nitrogens with zero attached hydrogens (tertiary/aromatic N) is 3. The second-order valence-electron chi connectivity index (χ2n) is 11.2. The summed E-state index contributed by atoms with van der Waals surface area (Å²) in [5.74, 6) is -0.0455. The van der Waals surface area contributed by atoms with E-state index in [9.17, 15) is 24.9 Å². The molecule has 0 aliphatic carbocycles. The van der Waals surface area contributed by atoms with Crippen molar-refractivity contribution in [3.63, 3.8) is 0 Å². The first-order chi connectivity index (χ1) is 22.3. The van der Waals surface area contributed by atoms with Crippen LogP contribution in [0.25, 0.3) is 33.1 Å². The number of hydrogen-bond donors (Lipinski definition) is 6. The summed E-state index contributed by atoms with van der Waals surface area (Å²) in [4.78, 5) is 27.4. The molecule has 0 saturated heterocycles. The number of aryl methyl sites for hydroxylation is 2. The van der Waals surface area contributed by atoms with Gasteiger partial charge in [-0.05, 0) is 71.8 Å². The van der Waals surface area contributed by atoms with Crippen molar-refractivity contribution in [2.45, 2.75) is 38.5 Å². The fraction of sp³-hybridized carbons (Fsp3) is 0.200. The van der Waals surface area contributed by atoms with Gasteiger partial charge in [-0.25, -0.2) is 4.79 Å². The number of aromatic amines is 1. The van der Waals surface area contributed by atoms with Crippen LogP contribution in [0.4, 0.5) is 10.5 Å². The fourth-order valence-corrected chi connectivity index (χ4v) is 5.64. The molecule has 4 aromatic carbocycles. The van der Waals surface area contributed by atoms with Gasteiger partial charge in [0, 0.05) is 30.1 Å². The molecule has 0 saturated carbocycles. The number of amides is 1. The van der Waals surface area contributed by atoms with Gasteiger partial charge < -0.3 is 25.6 Å². The highest BCUT2D eigenvalue weighted by molar-refractivity contribution is 5.91. The standard InChI is InChI=1S/C35H34N6O5/c42-31-15-12-26(27-13-16-33(44)38-34(27)31)32(43)21-36-20-23-10-14-28-30(19-23)40-41(39-28)17-5-4-6-22-9-11-25(24-7-2-1-3-8-24)29(18-22)37-35(45)46/h1-3,7-16,18-19,32,36-37,42-43H,4-6,17,20-21H2,(H,38,44)(H,45,46). The molecule has 6 N–H and O–H groups in total. The molecule has 6 rings (SSSR count). The van der Waals surface area contributed by atoms with E-state index in [1.807, 2.05) is 66.7 Å². The molecule has 0 bridgehead atoms. The zero-order chi connectivity index (χ0) is 32.0. The molecule has 2 heterocycles. The quantitative estimate of drug-likeness (QED) is 0.0967. The molecule has 0 spiro atoms. The van der Waals surface area contributed by atoms with Crippen LogP contribution in [0.5, 0.6) is 5.75 Å². The fourth-order valence-electron chi connectivity index (χ4n) is 5.64. The van der Waals surface area contributed by atoms with Crippen molar-refractivity contribution >= 4 is 33.7 Å². The van der Waals surface area contributed by atoms with Gasteiger partial charge in [0.1, 0.15) is 16.8 Å². The maximum absolute atomic E-state index is 11.7. The molecule has 0 aliphatic rings. The van der Waals surface area contributed by atoms with Gasteiger partial charge in [-0.15, -0.1) is 0 Å². The number of aliphatic hydroxyl groups excluding tert-OH is 1. The number of aliphatic hydroxyl groups is 1. The minimum Gasteiger partial charge on any atom is -0.506 e. The van der Waals surface area contributed by atoms with Gasteiger partial charge in [-0.1, -0.05) is 54.6 Å². The molecule has 11 heteroatoms. The van der Waals surface area contributed by atoms with E-state index in [0.717, 1.165) is 52.5 Å². The number of carboxylic acid groups (broad SMARTS) is 1. The van der Waals surface area contributed by atoms with E-state index < -0.39 is 12.2 Å². The number of phenols is 1. The lowest BCUT2D eigenvalue weighted by atomic mass is 9.99. The average Bonchev–Trinajstić information content (AvgIpc) is 3.46. The first-order valence-electron chi connectivity index (χ1n) is 15.1. The molecule has 234 valence electrons. The molecular formula is C35H34N6O5. The van der Waals surface area contributed by atoms with Crippen LogP contribution in [0, 0.1) is 0 Å². The Hall–Kier alpha value is -5.52. The Morgan fingerprint density at radius 2 is 1.70 bits per heavy atom. The van der Waals surface area contributed by atoms with Crippen LogP contribution < -0.4 is 16.2 Å². The number of H-pyrrole nitrogens is 1. The van der Waals surface area contributed by atoms with E-state index in [0.29, 0.717) is 35.2 Å². The van der Waals surface area contributed by atoms with Crippen LogP contribution >= 0.6 is 0 Å². The number of pyridine rings is 1. The van der Waals surface area contributed by atoms with Crippen molar-refractivity contribution in [3.05, 3.63) is 118 Å². The second kappa shape index (κ2) is 13.6. The van der Waals surface area contributed by atoms with E-state index in [1.54, 1.807) is 16.9 Å². The highest BCUT2D eigenvalue weighted by Gasteiger charge is 2.14. The molecule has 0 fully saturated rings. The lowest BCUT2D eigenvalue weighted by Crippen LogP contribution is -2.21. The first-order valence-corrected chi connectivity index (χ1v) is 15.1. The van der Waals surface area contributed by atoms with Crippen molar-refractivity contribution in [1.82, 2.24) is 25.3 Å². The van der Waals surface area contributed by atoms with Crippen molar-refractivity contribution < 1.29 is 20.1 Å². The van der Waals surface area contributed by atoms with Crippen molar-refractivity contribution in [2.24, 2.45) is 0 Å². The maximum atomic E-state index is 11.7. The summed E-state index contributed by atoms with van der Waals surface area (Å²) in [6.07, 6.45) is 0.600. The highest BCUT2D eigenvalue weighted by Crippen LogP contribution is 2.30. The van der Waals surface area contributed by atoms with Gasteiger partial charge >= 0.3 is 6.09 Å². The zero-order valence-corrected chi connectivity index (χ0v) is 25.0. The molecule has 0 radical (unpaired) electrons. The minimum atomic E-state index is -1.09. The number of benzene rings is 4. The maximum Gasteiger partial charge on any atom is 0.409 e. The van der Waals surface area contributed by atoms with Crippen LogP contribution in [-0.2, 0) is 19.5 Å².